The normalized spacial score (nSPS) is 20.6. The summed E-state index contributed by atoms with van der Waals surface area (Å²) in [6, 6.07) is 9.42. The van der Waals surface area contributed by atoms with Crippen molar-refractivity contribution in [3.8, 4) is 0 Å². The van der Waals surface area contributed by atoms with Gasteiger partial charge in [0, 0.05) is 13.0 Å². The number of likely N-dealkylation sites (tertiary alicyclic amines) is 1. The summed E-state index contributed by atoms with van der Waals surface area (Å²) in [6.45, 7) is 0.451. The van der Waals surface area contributed by atoms with Gasteiger partial charge in [0.25, 0.3) is 0 Å². The number of aromatic amines is 1. The monoisotopic (exact) mass is 314 g/mol. The van der Waals surface area contributed by atoms with Crippen LogP contribution in [0, 0.1) is 0 Å². The minimum atomic E-state index is -1.18. The maximum absolute atomic E-state index is 12.6. The molecule has 1 atom stereocenters. The van der Waals surface area contributed by atoms with Gasteiger partial charge in [-0.3, -0.25) is 9.89 Å². The molecule has 2 aromatic rings. The second kappa shape index (κ2) is 6.20. The van der Waals surface area contributed by atoms with Crippen LogP contribution in [0.4, 0.5) is 0 Å². The summed E-state index contributed by atoms with van der Waals surface area (Å²) < 4.78 is 0. The third-order valence-electron chi connectivity index (χ3n) is 4.31. The molecule has 1 aromatic heterocycles. The number of carbonyl (C=O) groups is 2. The number of amides is 1. The molecular formula is C16H18N4O3. The fraction of sp³-hybridized carbons (Fsp3) is 0.375. The van der Waals surface area contributed by atoms with Crippen molar-refractivity contribution >= 4 is 11.9 Å². The summed E-state index contributed by atoms with van der Waals surface area (Å²) >= 11 is 0. The summed E-state index contributed by atoms with van der Waals surface area (Å²) in [4.78, 5) is 30.0. The van der Waals surface area contributed by atoms with Crippen molar-refractivity contribution in [2.75, 3.05) is 6.54 Å². The Kier molecular flexibility index (Phi) is 4.10. The number of aliphatic carboxylic acids is 1. The number of nitrogens with one attached hydrogen (secondary N) is 1. The largest absolute Gasteiger partial charge is 0.479 e. The molecule has 0 bridgehead atoms. The van der Waals surface area contributed by atoms with Crippen LogP contribution >= 0.6 is 0 Å². The molecule has 1 amide bonds. The Bertz CT molecular complexity index is 687. The van der Waals surface area contributed by atoms with Gasteiger partial charge in [0.1, 0.15) is 17.7 Å². The van der Waals surface area contributed by atoms with Gasteiger partial charge in [0.05, 0.1) is 6.42 Å². The van der Waals surface area contributed by atoms with E-state index in [4.69, 9.17) is 0 Å². The molecule has 0 radical (unpaired) electrons. The maximum Gasteiger partial charge on any atom is 0.329 e. The minimum Gasteiger partial charge on any atom is -0.479 e. The number of hydrogen-bond donors (Lipinski definition) is 2. The predicted molar refractivity (Wildman–Crippen MR) is 81.5 cm³/mol. The molecule has 7 nitrogen and oxygen atoms in total. The van der Waals surface area contributed by atoms with E-state index in [1.54, 1.807) is 0 Å². The first-order chi connectivity index (χ1) is 11.1. The molecule has 23 heavy (non-hydrogen) atoms. The van der Waals surface area contributed by atoms with E-state index in [0.717, 1.165) is 5.56 Å². The first-order valence-corrected chi connectivity index (χ1v) is 7.54. The van der Waals surface area contributed by atoms with E-state index in [1.807, 2.05) is 30.3 Å². The molecule has 120 valence electrons. The van der Waals surface area contributed by atoms with Crippen LogP contribution in [0.2, 0.25) is 0 Å². The molecule has 2 N–H and O–H groups in total. The quantitative estimate of drug-likeness (QED) is 0.859. The van der Waals surface area contributed by atoms with Gasteiger partial charge in [-0.15, -0.1) is 0 Å². The Balaban J connectivity index is 1.85. The van der Waals surface area contributed by atoms with Gasteiger partial charge in [-0.2, -0.15) is 5.10 Å². The van der Waals surface area contributed by atoms with Crippen LogP contribution in [-0.2, 0) is 22.4 Å². The Morgan fingerprint density at radius 3 is 2.74 bits per heavy atom. The zero-order chi connectivity index (χ0) is 16.3. The van der Waals surface area contributed by atoms with Gasteiger partial charge in [0.15, 0.2) is 0 Å². The SMILES string of the molecule is O=C(Cc1ncn[nH]1)N1CCCC1(Cc1ccccc1)C(=O)O. The highest BCUT2D eigenvalue weighted by Gasteiger charge is 2.49. The molecule has 0 spiro atoms. The summed E-state index contributed by atoms with van der Waals surface area (Å²) in [5.41, 5.74) is -0.271. The molecular weight excluding hydrogens is 296 g/mol. The molecule has 1 unspecified atom stereocenters. The fourth-order valence-corrected chi connectivity index (χ4v) is 3.21. The number of carboxylic acid groups (broad SMARTS) is 1. The number of carbonyl (C=O) groups excluding carboxylic acids is 1. The summed E-state index contributed by atoms with van der Waals surface area (Å²) in [5.74, 6) is -0.747. The van der Waals surface area contributed by atoms with E-state index in [-0.39, 0.29) is 12.3 Å². The van der Waals surface area contributed by atoms with E-state index in [9.17, 15) is 14.7 Å². The second-order valence-corrected chi connectivity index (χ2v) is 5.76. The van der Waals surface area contributed by atoms with E-state index in [2.05, 4.69) is 15.2 Å². The number of benzene rings is 1. The van der Waals surface area contributed by atoms with Gasteiger partial charge in [-0.05, 0) is 18.4 Å². The molecule has 1 aliphatic rings. The highest BCUT2D eigenvalue weighted by molar-refractivity contribution is 5.88. The molecule has 0 saturated carbocycles. The smallest absolute Gasteiger partial charge is 0.329 e. The van der Waals surface area contributed by atoms with E-state index in [0.29, 0.717) is 31.6 Å². The molecule has 1 saturated heterocycles. The van der Waals surface area contributed by atoms with Crippen molar-refractivity contribution in [2.24, 2.45) is 0 Å². The molecule has 0 aliphatic carbocycles. The lowest BCUT2D eigenvalue weighted by Crippen LogP contribution is -2.55. The molecule has 2 heterocycles. The van der Waals surface area contributed by atoms with Gasteiger partial charge in [0.2, 0.25) is 5.91 Å². The zero-order valence-corrected chi connectivity index (χ0v) is 12.6. The number of nitrogens with zero attached hydrogens (tertiary/aromatic N) is 3. The molecule has 1 aromatic carbocycles. The summed E-state index contributed by atoms with van der Waals surface area (Å²) in [5, 5.41) is 16.2. The molecule has 1 aliphatic heterocycles. The van der Waals surface area contributed by atoms with Crippen molar-refractivity contribution < 1.29 is 14.7 Å². The van der Waals surface area contributed by atoms with E-state index < -0.39 is 11.5 Å². The fourth-order valence-electron chi connectivity index (χ4n) is 3.21. The van der Waals surface area contributed by atoms with E-state index >= 15 is 0 Å². The van der Waals surface area contributed by atoms with Crippen molar-refractivity contribution in [1.29, 1.82) is 0 Å². The van der Waals surface area contributed by atoms with Crippen molar-refractivity contribution in [3.63, 3.8) is 0 Å². The van der Waals surface area contributed by atoms with Crippen molar-refractivity contribution in [3.05, 3.63) is 48.0 Å². The average Bonchev–Trinajstić information content (AvgIpc) is 3.18. The first-order valence-electron chi connectivity index (χ1n) is 7.54. The van der Waals surface area contributed by atoms with Gasteiger partial charge >= 0.3 is 5.97 Å². The van der Waals surface area contributed by atoms with Crippen LogP contribution in [0.3, 0.4) is 0 Å². The number of rotatable bonds is 5. The van der Waals surface area contributed by atoms with Crippen LogP contribution in [0.5, 0.6) is 0 Å². The average molecular weight is 314 g/mol. The Hall–Kier alpha value is -2.70. The van der Waals surface area contributed by atoms with Gasteiger partial charge in [-0.1, -0.05) is 30.3 Å². The van der Waals surface area contributed by atoms with Crippen LogP contribution in [-0.4, -0.2) is 49.1 Å². The third-order valence-corrected chi connectivity index (χ3v) is 4.31. The number of hydrogen-bond acceptors (Lipinski definition) is 4. The maximum atomic E-state index is 12.6. The Morgan fingerprint density at radius 2 is 2.09 bits per heavy atom. The van der Waals surface area contributed by atoms with E-state index in [1.165, 1.54) is 11.2 Å². The highest BCUT2D eigenvalue weighted by Crippen LogP contribution is 2.33. The zero-order valence-electron chi connectivity index (χ0n) is 12.6. The van der Waals surface area contributed by atoms with Gasteiger partial charge in [-0.25, -0.2) is 9.78 Å². The Labute approximate surface area is 133 Å². The van der Waals surface area contributed by atoms with Crippen LogP contribution < -0.4 is 0 Å². The Morgan fingerprint density at radius 1 is 1.30 bits per heavy atom. The number of carboxylic acids is 1. The first kappa shape index (κ1) is 15.2. The lowest BCUT2D eigenvalue weighted by atomic mass is 9.88. The lowest BCUT2D eigenvalue weighted by Gasteiger charge is -2.35. The molecule has 7 heteroatoms. The van der Waals surface area contributed by atoms with Crippen molar-refractivity contribution in [1.82, 2.24) is 20.1 Å². The number of aromatic nitrogens is 3. The third kappa shape index (κ3) is 2.94. The molecule has 3 rings (SSSR count). The summed E-state index contributed by atoms with van der Waals surface area (Å²) in [6.07, 6.45) is 2.82. The number of H-pyrrole nitrogens is 1. The minimum absolute atomic E-state index is 0.0316. The predicted octanol–water partition coefficient (Wildman–Crippen LogP) is 1.04. The van der Waals surface area contributed by atoms with Crippen LogP contribution in [0.15, 0.2) is 36.7 Å². The standard InChI is InChI=1S/C16H18N4O3/c21-14(9-13-17-11-18-19-13)20-8-4-7-16(20,15(22)23)10-12-5-2-1-3-6-12/h1-3,5-6,11H,4,7-10H2,(H,22,23)(H,17,18,19). The second-order valence-electron chi connectivity index (χ2n) is 5.76. The van der Waals surface area contributed by atoms with Crippen molar-refractivity contribution in [2.45, 2.75) is 31.2 Å². The highest BCUT2D eigenvalue weighted by atomic mass is 16.4. The van der Waals surface area contributed by atoms with Gasteiger partial charge < -0.3 is 10.0 Å². The lowest BCUT2D eigenvalue weighted by molar-refractivity contribution is -0.156. The van der Waals surface area contributed by atoms with Crippen LogP contribution in [0.1, 0.15) is 24.2 Å². The van der Waals surface area contributed by atoms with Crippen LogP contribution in [0.25, 0.3) is 0 Å². The topological polar surface area (TPSA) is 99.2 Å². The molecule has 1 fully saturated rings. The summed E-state index contributed by atoms with van der Waals surface area (Å²) in [7, 11) is 0.